The second-order valence-corrected chi connectivity index (χ2v) is 9.12. The summed E-state index contributed by atoms with van der Waals surface area (Å²) in [6, 6.07) is 11.5. The Kier molecular flexibility index (Phi) is 4.71. The van der Waals surface area contributed by atoms with E-state index in [1.165, 1.54) is 0 Å². The molecule has 1 atom stereocenters. The van der Waals surface area contributed by atoms with Crippen LogP contribution < -0.4 is 4.90 Å². The predicted molar refractivity (Wildman–Crippen MR) is 112 cm³/mol. The molecule has 0 spiro atoms. The van der Waals surface area contributed by atoms with Crippen LogP contribution in [0.3, 0.4) is 0 Å². The molecule has 1 unspecified atom stereocenters. The number of carbonyl (C=O) groups is 2. The van der Waals surface area contributed by atoms with Crippen LogP contribution in [0.15, 0.2) is 50.8 Å². The van der Waals surface area contributed by atoms with Crippen molar-refractivity contribution >= 4 is 44.8 Å². The smallest absolute Gasteiger partial charge is 0.233 e. The fraction of sp³-hybridized carbons (Fsp3) is 0.300. The molecule has 1 aromatic carbocycles. The molecule has 0 saturated carbocycles. The van der Waals surface area contributed by atoms with Gasteiger partial charge in [0.15, 0.2) is 0 Å². The summed E-state index contributed by atoms with van der Waals surface area (Å²) in [5, 5.41) is 6.00. The van der Waals surface area contributed by atoms with Crippen LogP contribution in [-0.2, 0) is 9.59 Å². The number of halogens is 1. The molecule has 148 valence electrons. The van der Waals surface area contributed by atoms with Crippen molar-refractivity contribution in [1.82, 2.24) is 15.0 Å². The van der Waals surface area contributed by atoms with Gasteiger partial charge in [-0.25, -0.2) is 0 Å². The highest BCUT2D eigenvalue weighted by molar-refractivity contribution is 9.10. The van der Waals surface area contributed by atoms with Gasteiger partial charge in [0.1, 0.15) is 0 Å². The van der Waals surface area contributed by atoms with Crippen molar-refractivity contribution in [3.63, 3.8) is 0 Å². The molecule has 3 aromatic rings. The zero-order valence-electron chi connectivity index (χ0n) is 15.3. The van der Waals surface area contributed by atoms with Crippen LogP contribution in [0.4, 0.5) is 5.69 Å². The minimum atomic E-state index is -0.313. The number of nitrogens with zero attached hydrogens (tertiary/aromatic N) is 4. The Labute approximate surface area is 179 Å². The Balaban J connectivity index is 1.20. The molecule has 29 heavy (non-hydrogen) atoms. The topological polar surface area (TPSA) is 79.5 Å². The lowest BCUT2D eigenvalue weighted by molar-refractivity contribution is -0.140. The summed E-state index contributed by atoms with van der Waals surface area (Å²) in [5.74, 6) is 0.896. The van der Waals surface area contributed by atoms with Crippen molar-refractivity contribution < 1.29 is 14.1 Å². The third-order valence-corrected chi connectivity index (χ3v) is 6.68. The molecule has 0 radical (unpaired) electrons. The van der Waals surface area contributed by atoms with E-state index >= 15 is 0 Å². The first-order chi connectivity index (χ1) is 14.1. The van der Waals surface area contributed by atoms with Gasteiger partial charge in [-0.05, 0) is 29.6 Å². The van der Waals surface area contributed by atoms with E-state index in [0.29, 0.717) is 31.3 Å². The maximum atomic E-state index is 12.9. The second-order valence-electron chi connectivity index (χ2n) is 7.26. The summed E-state index contributed by atoms with van der Waals surface area (Å²) in [6.07, 6.45) is 0.246. The molecule has 2 amide bonds. The standard InChI is InChI=1S/C20H17BrN4O3S/c21-14-3-1-4-15(8-14)25-11-12(7-17(25)26)20(27)24-9-13(10-24)19-22-18(23-28-19)16-5-2-6-29-16/h1-6,8,12-13H,7,9-11H2. The van der Waals surface area contributed by atoms with Crippen LogP contribution in [0.25, 0.3) is 10.7 Å². The zero-order valence-corrected chi connectivity index (χ0v) is 17.7. The highest BCUT2D eigenvalue weighted by atomic mass is 79.9. The normalized spacial score (nSPS) is 19.6. The van der Waals surface area contributed by atoms with Crippen molar-refractivity contribution in [3.05, 3.63) is 52.1 Å². The van der Waals surface area contributed by atoms with Crippen LogP contribution in [-0.4, -0.2) is 46.5 Å². The van der Waals surface area contributed by atoms with Crippen LogP contribution in [0.2, 0.25) is 0 Å². The molecule has 2 aliphatic rings. The number of rotatable bonds is 4. The van der Waals surface area contributed by atoms with Gasteiger partial charge in [0.05, 0.1) is 16.7 Å². The lowest BCUT2D eigenvalue weighted by Crippen LogP contribution is -2.51. The third kappa shape index (κ3) is 3.49. The van der Waals surface area contributed by atoms with E-state index in [1.807, 2.05) is 41.8 Å². The molecule has 0 bridgehead atoms. The molecule has 2 fully saturated rings. The fourth-order valence-corrected chi connectivity index (χ4v) is 4.78. The minimum absolute atomic E-state index is 0.0176. The van der Waals surface area contributed by atoms with E-state index in [1.54, 1.807) is 21.1 Å². The van der Waals surface area contributed by atoms with Gasteiger partial charge in [0.25, 0.3) is 0 Å². The number of hydrogen-bond donors (Lipinski definition) is 0. The molecular formula is C20H17BrN4O3S. The monoisotopic (exact) mass is 472 g/mol. The zero-order chi connectivity index (χ0) is 20.0. The summed E-state index contributed by atoms with van der Waals surface area (Å²) in [6.45, 7) is 1.51. The van der Waals surface area contributed by atoms with Gasteiger partial charge in [0.2, 0.25) is 23.5 Å². The SMILES string of the molecule is O=C(C1CC(=O)N(c2cccc(Br)c2)C1)N1CC(c2nc(-c3cccs3)no2)C1. The Bertz CT molecular complexity index is 1060. The van der Waals surface area contributed by atoms with Crippen molar-refractivity contribution in [1.29, 1.82) is 0 Å². The summed E-state index contributed by atoms with van der Waals surface area (Å²) >= 11 is 4.99. The number of likely N-dealkylation sites (tertiary alicyclic amines) is 1. The minimum Gasteiger partial charge on any atom is -0.341 e. The lowest BCUT2D eigenvalue weighted by Gasteiger charge is -2.38. The van der Waals surface area contributed by atoms with Crippen molar-refractivity contribution in [2.75, 3.05) is 24.5 Å². The predicted octanol–water partition coefficient (Wildman–Crippen LogP) is 3.54. The number of carbonyl (C=O) groups excluding carboxylic acids is 2. The number of thiophene rings is 1. The van der Waals surface area contributed by atoms with Crippen LogP contribution in [0.1, 0.15) is 18.2 Å². The first-order valence-electron chi connectivity index (χ1n) is 9.30. The molecule has 4 heterocycles. The van der Waals surface area contributed by atoms with E-state index in [2.05, 4.69) is 26.1 Å². The van der Waals surface area contributed by atoms with Gasteiger partial charge in [-0.2, -0.15) is 4.98 Å². The van der Waals surface area contributed by atoms with Crippen molar-refractivity contribution in [2.45, 2.75) is 12.3 Å². The maximum Gasteiger partial charge on any atom is 0.233 e. The molecule has 0 N–H and O–H groups in total. The van der Waals surface area contributed by atoms with Crippen LogP contribution in [0, 0.1) is 5.92 Å². The molecule has 7 nitrogen and oxygen atoms in total. The molecule has 9 heteroatoms. The molecule has 2 saturated heterocycles. The lowest BCUT2D eigenvalue weighted by atomic mass is 9.96. The van der Waals surface area contributed by atoms with E-state index in [0.717, 1.165) is 15.0 Å². The Morgan fingerprint density at radius 2 is 2.07 bits per heavy atom. The molecule has 5 rings (SSSR count). The molecule has 2 aliphatic heterocycles. The summed E-state index contributed by atoms with van der Waals surface area (Å²) in [4.78, 5) is 34.2. The van der Waals surface area contributed by atoms with Gasteiger partial charge in [0, 0.05) is 36.2 Å². The number of amides is 2. The second kappa shape index (κ2) is 7.38. The van der Waals surface area contributed by atoms with Gasteiger partial charge >= 0.3 is 0 Å². The fourth-order valence-electron chi connectivity index (χ4n) is 3.75. The van der Waals surface area contributed by atoms with E-state index in [9.17, 15) is 9.59 Å². The highest BCUT2D eigenvalue weighted by Gasteiger charge is 2.42. The Morgan fingerprint density at radius 3 is 2.83 bits per heavy atom. The Morgan fingerprint density at radius 1 is 1.21 bits per heavy atom. The average Bonchev–Trinajstić information content (AvgIpc) is 3.41. The quantitative estimate of drug-likeness (QED) is 0.579. The molecule has 0 aliphatic carbocycles. The maximum absolute atomic E-state index is 12.9. The highest BCUT2D eigenvalue weighted by Crippen LogP contribution is 2.33. The summed E-state index contributed by atoms with van der Waals surface area (Å²) < 4.78 is 6.30. The van der Waals surface area contributed by atoms with E-state index in [4.69, 9.17) is 4.52 Å². The largest absolute Gasteiger partial charge is 0.341 e. The number of hydrogen-bond acceptors (Lipinski definition) is 6. The van der Waals surface area contributed by atoms with Crippen molar-refractivity contribution in [2.24, 2.45) is 5.92 Å². The van der Waals surface area contributed by atoms with Gasteiger partial charge in [-0.3, -0.25) is 9.59 Å². The molecular weight excluding hydrogens is 456 g/mol. The van der Waals surface area contributed by atoms with Gasteiger partial charge in [-0.15, -0.1) is 11.3 Å². The first-order valence-corrected chi connectivity index (χ1v) is 11.0. The first kappa shape index (κ1) is 18.5. The van der Waals surface area contributed by atoms with Crippen LogP contribution >= 0.6 is 27.3 Å². The van der Waals surface area contributed by atoms with Crippen LogP contribution in [0.5, 0.6) is 0 Å². The van der Waals surface area contributed by atoms with Gasteiger partial charge in [-0.1, -0.05) is 33.2 Å². The number of benzene rings is 1. The average molecular weight is 473 g/mol. The van der Waals surface area contributed by atoms with Gasteiger partial charge < -0.3 is 14.3 Å². The van der Waals surface area contributed by atoms with E-state index < -0.39 is 0 Å². The summed E-state index contributed by atoms with van der Waals surface area (Å²) in [7, 11) is 0. The van der Waals surface area contributed by atoms with Crippen molar-refractivity contribution in [3.8, 4) is 10.7 Å². The summed E-state index contributed by atoms with van der Waals surface area (Å²) in [5.41, 5.74) is 0.813. The molecule has 2 aromatic heterocycles. The Hall–Kier alpha value is -2.52. The third-order valence-electron chi connectivity index (χ3n) is 5.32. The number of anilines is 1. The van der Waals surface area contributed by atoms with E-state index in [-0.39, 0.29) is 30.1 Å². The number of aromatic nitrogens is 2.